The maximum absolute atomic E-state index is 14.0. The van der Waals surface area contributed by atoms with Crippen molar-refractivity contribution in [3.63, 3.8) is 0 Å². The van der Waals surface area contributed by atoms with E-state index in [2.05, 4.69) is 6.92 Å². The number of amides is 1. The Labute approximate surface area is 211 Å². The molecule has 1 heterocycles. The van der Waals surface area contributed by atoms with Crippen molar-refractivity contribution in [2.75, 3.05) is 19.1 Å². The first-order valence-corrected chi connectivity index (χ1v) is 14.0. The van der Waals surface area contributed by atoms with Gasteiger partial charge in [0.1, 0.15) is 4.88 Å². The number of carbonyl (C=O) groups is 2. The smallest absolute Gasteiger partial charge is 0.350 e. The lowest BCUT2D eigenvalue weighted by molar-refractivity contribution is -0.124. The summed E-state index contributed by atoms with van der Waals surface area (Å²) in [5.41, 5.74) is 0.624. The van der Waals surface area contributed by atoms with Gasteiger partial charge in [0, 0.05) is 36.8 Å². The third kappa shape index (κ3) is 6.07. The number of methoxy groups -OCH3 is 2. The molecule has 8 heteroatoms. The number of halogens is 2. The molecule has 0 radical (unpaired) electrons. The second-order valence-electron chi connectivity index (χ2n) is 10.8. The van der Waals surface area contributed by atoms with Gasteiger partial charge in [-0.05, 0) is 82.1 Å². The molecule has 3 fully saturated rings. The van der Waals surface area contributed by atoms with Crippen LogP contribution in [0.3, 0.4) is 0 Å². The van der Waals surface area contributed by atoms with Crippen molar-refractivity contribution in [2.45, 2.75) is 108 Å². The number of hydrogen-bond acceptors (Lipinski definition) is 5. The van der Waals surface area contributed by atoms with Gasteiger partial charge in [-0.1, -0.05) is 6.92 Å². The van der Waals surface area contributed by atoms with Gasteiger partial charge in [0.2, 0.25) is 11.8 Å². The normalized spacial score (nSPS) is 29.5. The van der Waals surface area contributed by atoms with Gasteiger partial charge < -0.3 is 14.4 Å². The van der Waals surface area contributed by atoms with E-state index in [1.807, 2.05) is 11.0 Å². The van der Waals surface area contributed by atoms with Gasteiger partial charge in [-0.2, -0.15) is 0 Å². The lowest BCUT2D eigenvalue weighted by atomic mass is 9.81. The summed E-state index contributed by atoms with van der Waals surface area (Å²) in [6.45, 7) is 2.23. The van der Waals surface area contributed by atoms with Crippen LogP contribution in [-0.2, 0) is 14.3 Å². The van der Waals surface area contributed by atoms with Crippen LogP contribution < -0.4 is 4.90 Å². The Hall–Kier alpha value is -1.54. The highest BCUT2D eigenvalue weighted by Gasteiger charge is 2.40. The van der Waals surface area contributed by atoms with Crippen molar-refractivity contribution in [3.8, 4) is 0 Å². The molecule has 0 N–H and O–H groups in total. The van der Waals surface area contributed by atoms with Crippen molar-refractivity contribution in [2.24, 2.45) is 11.8 Å². The van der Waals surface area contributed by atoms with Crippen molar-refractivity contribution in [3.05, 3.63) is 15.8 Å². The summed E-state index contributed by atoms with van der Waals surface area (Å²) in [6.07, 6.45) is 7.88. The number of esters is 1. The largest absolute Gasteiger partial charge is 0.465 e. The van der Waals surface area contributed by atoms with Crippen LogP contribution >= 0.6 is 11.3 Å². The summed E-state index contributed by atoms with van der Waals surface area (Å²) in [5.74, 6) is -2.41. The highest BCUT2D eigenvalue weighted by Crippen LogP contribution is 2.46. The van der Waals surface area contributed by atoms with Crippen LogP contribution in [0.25, 0.3) is 0 Å². The summed E-state index contributed by atoms with van der Waals surface area (Å²) in [6, 6.07) is 1.94. The Kier molecular flexibility index (Phi) is 8.52. The molecule has 0 atom stereocenters. The van der Waals surface area contributed by atoms with E-state index < -0.39 is 11.9 Å². The van der Waals surface area contributed by atoms with Crippen LogP contribution in [0.5, 0.6) is 0 Å². The topological polar surface area (TPSA) is 55.8 Å². The molecule has 1 amide bonds. The molecule has 5 nitrogen and oxygen atoms in total. The van der Waals surface area contributed by atoms with E-state index in [1.54, 1.807) is 7.11 Å². The molecular formula is C27H39F2NO4S. The zero-order valence-electron chi connectivity index (χ0n) is 21.2. The molecule has 4 rings (SSSR count). The van der Waals surface area contributed by atoms with Gasteiger partial charge in [0.05, 0.1) is 18.9 Å². The fourth-order valence-corrected chi connectivity index (χ4v) is 7.32. The molecule has 0 saturated heterocycles. The monoisotopic (exact) mass is 511 g/mol. The van der Waals surface area contributed by atoms with Crippen molar-refractivity contribution >= 4 is 28.9 Å². The molecule has 1 aromatic heterocycles. The average Bonchev–Trinajstić information content (AvgIpc) is 3.29. The number of alkyl halides is 2. The molecule has 35 heavy (non-hydrogen) atoms. The Bertz CT molecular complexity index is 878. The number of carbonyl (C=O) groups excluding carboxylic acids is 2. The van der Waals surface area contributed by atoms with E-state index in [-0.39, 0.29) is 42.7 Å². The van der Waals surface area contributed by atoms with Crippen molar-refractivity contribution in [1.29, 1.82) is 0 Å². The van der Waals surface area contributed by atoms with Crippen LogP contribution in [-0.4, -0.2) is 44.2 Å². The third-order valence-corrected chi connectivity index (χ3v) is 9.69. The Morgan fingerprint density at radius 3 is 2.17 bits per heavy atom. The minimum absolute atomic E-state index is 0.00482. The first kappa shape index (κ1) is 26.5. The van der Waals surface area contributed by atoms with Gasteiger partial charge in [0.25, 0.3) is 0 Å². The molecule has 0 aromatic carbocycles. The highest BCUT2D eigenvalue weighted by atomic mass is 32.1. The fraction of sp³-hybridized carbons (Fsp3) is 0.778. The zero-order valence-corrected chi connectivity index (χ0v) is 22.0. The number of nitrogens with zero attached hydrogens (tertiary/aromatic N) is 1. The summed E-state index contributed by atoms with van der Waals surface area (Å²) < 4.78 is 38.3. The van der Waals surface area contributed by atoms with E-state index in [0.717, 1.165) is 56.2 Å². The van der Waals surface area contributed by atoms with Crippen molar-refractivity contribution < 1.29 is 27.8 Å². The van der Waals surface area contributed by atoms with Crippen LogP contribution in [0.4, 0.5) is 14.5 Å². The Balaban J connectivity index is 1.67. The molecule has 1 aromatic rings. The Morgan fingerprint density at radius 2 is 1.60 bits per heavy atom. The number of ether oxygens (including phenoxy) is 2. The van der Waals surface area contributed by atoms with Gasteiger partial charge in [-0.3, -0.25) is 4.79 Å². The Morgan fingerprint density at radius 1 is 0.971 bits per heavy atom. The standard InChI is InChI=1S/C27H39F2NO4S/c1-17-4-6-19(7-5-17)25(31)30(20-8-10-21(33-2)11-9-20)22-16-23(35-24(22)26(32)34-3)18-12-14-27(28,29)15-13-18/h16-21H,4-15H2,1-3H3. The van der Waals surface area contributed by atoms with E-state index in [0.29, 0.717) is 29.3 Å². The average molecular weight is 512 g/mol. The SMILES string of the molecule is COC(=O)c1sc(C2CCC(F)(F)CC2)cc1N(C(=O)C1CCC(C)CC1)C1CCC(OC)CC1. The number of rotatable bonds is 6. The first-order valence-electron chi connectivity index (χ1n) is 13.2. The summed E-state index contributed by atoms with van der Waals surface area (Å²) in [4.78, 5) is 30.1. The van der Waals surface area contributed by atoms with E-state index in [9.17, 15) is 18.4 Å². The first-order chi connectivity index (χ1) is 16.7. The minimum Gasteiger partial charge on any atom is -0.465 e. The second kappa shape index (κ2) is 11.2. The van der Waals surface area contributed by atoms with Gasteiger partial charge in [-0.15, -0.1) is 11.3 Å². The van der Waals surface area contributed by atoms with E-state index in [1.165, 1.54) is 18.4 Å². The zero-order chi connectivity index (χ0) is 25.2. The van der Waals surface area contributed by atoms with Gasteiger partial charge in [0.15, 0.2) is 0 Å². The molecule has 196 valence electrons. The van der Waals surface area contributed by atoms with Crippen LogP contribution in [0.1, 0.15) is 104 Å². The van der Waals surface area contributed by atoms with Gasteiger partial charge >= 0.3 is 5.97 Å². The predicted molar refractivity (Wildman–Crippen MR) is 133 cm³/mol. The maximum Gasteiger partial charge on any atom is 0.350 e. The molecule has 3 aliphatic carbocycles. The quantitative estimate of drug-likeness (QED) is 0.388. The molecule has 0 bridgehead atoms. The second-order valence-corrected chi connectivity index (χ2v) is 11.9. The molecule has 0 spiro atoms. The summed E-state index contributed by atoms with van der Waals surface area (Å²) >= 11 is 1.32. The number of hydrogen-bond donors (Lipinski definition) is 0. The summed E-state index contributed by atoms with van der Waals surface area (Å²) in [5, 5.41) is 0. The van der Waals surface area contributed by atoms with Crippen LogP contribution in [0, 0.1) is 11.8 Å². The van der Waals surface area contributed by atoms with Gasteiger partial charge in [-0.25, -0.2) is 13.6 Å². The number of thiophene rings is 1. The molecule has 0 aliphatic heterocycles. The predicted octanol–water partition coefficient (Wildman–Crippen LogP) is 6.94. The van der Waals surface area contributed by atoms with Crippen molar-refractivity contribution in [1.82, 2.24) is 0 Å². The minimum atomic E-state index is -2.61. The van der Waals surface area contributed by atoms with E-state index >= 15 is 0 Å². The number of anilines is 1. The van der Waals surface area contributed by atoms with E-state index in [4.69, 9.17) is 9.47 Å². The van der Waals surface area contributed by atoms with Crippen LogP contribution in [0.15, 0.2) is 6.07 Å². The molecule has 3 saturated carbocycles. The van der Waals surface area contributed by atoms with Crippen LogP contribution in [0.2, 0.25) is 0 Å². The molecule has 0 unspecified atom stereocenters. The lowest BCUT2D eigenvalue weighted by Gasteiger charge is -2.39. The molecular weight excluding hydrogens is 472 g/mol. The highest BCUT2D eigenvalue weighted by molar-refractivity contribution is 7.14. The fourth-order valence-electron chi connectivity index (χ4n) is 6.08. The lowest BCUT2D eigenvalue weighted by Crippen LogP contribution is -2.47. The molecule has 3 aliphatic rings. The summed E-state index contributed by atoms with van der Waals surface area (Å²) in [7, 11) is 3.08. The maximum atomic E-state index is 14.0. The third-order valence-electron chi connectivity index (χ3n) is 8.43.